The summed E-state index contributed by atoms with van der Waals surface area (Å²) in [6.45, 7) is 6.95. The van der Waals surface area contributed by atoms with Crippen LogP contribution < -0.4 is 5.73 Å². The number of carboxylic acid groups (broad SMARTS) is 1. The summed E-state index contributed by atoms with van der Waals surface area (Å²) in [5.74, 6) is -1.37. The Kier molecular flexibility index (Phi) is 8.16. The number of hydrogen-bond donors (Lipinski definition) is 2. The number of nitrogens with zero attached hydrogens (tertiary/aromatic N) is 2. The van der Waals surface area contributed by atoms with E-state index >= 15 is 0 Å². The van der Waals surface area contributed by atoms with Gasteiger partial charge in [0.25, 0.3) is 0 Å². The van der Waals surface area contributed by atoms with Gasteiger partial charge in [-0.2, -0.15) is 10.2 Å². The molecular formula is C20H21N3O3. The molecule has 2 aromatic rings. The first-order chi connectivity index (χ1) is 12.3. The molecule has 1 amide bonds. The first-order valence-corrected chi connectivity index (χ1v) is 7.77. The van der Waals surface area contributed by atoms with Gasteiger partial charge in [0, 0.05) is 5.57 Å². The number of azo groups is 1. The summed E-state index contributed by atoms with van der Waals surface area (Å²) in [6.07, 6.45) is 1.68. The van der Waals surface area contributed by atoms with Crippen molar-refractivity contribution in [2.75, 3.05) is 0 Å². The van der Waals surface area contributed by atoms with Crippen molar-refractivity contribution in [2.24, 2.45) is 16.0 Å². The lowest BCUT2D eigenvalue weighted by Gasteiger charge is -2.00. The number of carboxylic acids is 1. The summed E-state index contributed by atoms with van der Waals surface area (Å²) < 4.78 is 0. The van der Waals surface area contributed by atoms with Gasteiger partial charge in [0.15, 0.2) is 0 Å². The Morgan fingerprint density at radius 2 is 1.50 bits per heavy atom. The number of primary amides is 1. The van der Waals surface area contributed by atoms with E-state index in [0.717, 1.165) is 5.69 Å². The molecule has 134 valence electrons. The van der Waals surface area contributed by atoms with E-state index in [0.29, 0.717) is 16.8 Å². The van der Waals surface area contributed by atoms with Crippen LogP contribution in [-0.4, -0.2) is 17.0 Å². The molecule has 0 radical (unpaired) electrons. The summed E-state index contributed by atoms with van der Waals surface area (Å²) in [5, 5.41) is 17.0. The van der Waals surface area contributed by atoms with Crippen molar-refractivity contribution in [1.29, 1.82) is 0 Å². The molecule has 0 unspecified atom stereocenters. The van der Waals surface area contributed by atoms with E-state index in [4.69, 9.17) is 10.8 Å². The highest BCUT2D eigenvalue weighted by Crippen LogP contribution is 2.20. The third-order valence-corrected chi connectivity index (χ3v) is 3.33. The Labute approximate surface area is 152 Å². The predicted octanol–water partition coefficient (Wildman–Crippen LogP) is 4.64. The van der Waals surface area contributed by atoms with Gasteiger partial charge >= 0.3 is 5.97 Å². The second-order valence-electron chi connectivity index (χ2n) is 5.20. The van der Waals surface area contributed by atoms with Gasteiger partial charge in [0.2, 0.25) is 5.91 Å². The maximum atomic E-state index is 10.8. The minimum atomic E-state index is -1.03. The number of carbonyl (C=O) groups excluding carboxylic acids is 1. The van der Waals surface area contributed by atoms with Gasteiger partial charge in [-0.05, 0) is 43.7 Å². The van der Waals surface area contributed by atoms with E-state index in [-0.39, 0.29) is 11.5 Å². The summed E-state index contributed by atoms with van der Waals surface area (Å²) in [6, 6.07) is 16.1. The summed E-state index contributed by atoms with van der Waals surface area (Å²) in [7, 11) is 0. The zero-order chi connectivity index (χ0) is 19.5. The Morgan fingerprint density at radius 3 is 1.88 bits per heavy atom. The molecule has 2 rings (SSSR count). The van der Waals surface area contributed by atoms with Crippen LogP contribution in [0.4, 0.5) is 11.4 Å². The topological polar surface area (TPSA) is 105 Å². The molecule has 0 saturated carbocycles. The van der Waals surface area contributed by atoms with Crippen molar-refractivity contribution < 1.29 is 14.7 Å². The third kappa shape index (κ3) is 6.92. The first kappa shape index (κ1) is 20.5. The predicted molar refractivity (Wildman–Crippen MR) is 102 cm³/mol. The fraction of sp³-hybridized carbons (Fsp3) is 0.100. The number of allylic oxidation sites excluding steroid dienone is 1. The van der Waals surface area contributed by atoms with Crippen molar-refractivity contribution in [1.82, 2.24) is 0 Å². The molecule has 0 heterocycles. The van der Waals surface area contributed by atoms with Gasteiger partial charge in [0.1, 0.15) is 0 Å². The first-order valence-electron chi connectivity index (χ1n) is 7.77. The van der Waals surface area contributed by atoms with Crippen molar-refractivity contribution in [2.45, 2.75) is 13.8 Å². The Bertz CT molecular complexity index is 823. The molecule has 3 N–H and O–H groups in total. The standard InChI is InChI=1S/C15H12N2O2.C5H9NO/c1-11(15(18)19)12-7-9-14(10-8-12)17-16-13-5-3-2-4-6-13;1-3-4(2)5(6)7/h2-10H,1H2,(H,18,19);3H,1-2H3,(H2,6,7). The van der Waals surface area contributed by atoms with Crippen LogP contribution in [0.2, 0.25) is 0 Å². The number of nitrogens with two attached hydrogens (primary N) is 1. The van der Waals surface area contributed by atoms with Gasteiger partial charge in [-0.25, -0.2) is 4.79 Å². The molecule has 0 spiro atoms. The Hall–Kier alpha value is -3.54. The SMILES string of the molecule is C=C(C(=O)O)c1ccc(N=Nc2ccccc2)cc1.CC=C(C)C(N)=O. The van der Waals surface area contributed by atoms with Crippen LogP contribution in [0.1, 0.15) is 19.4 Å². The smallest absolute Gasteiger partial charge is 0.335 e. The van der Waals surface area contributed by atoms with Gasteiger partial charge in [0.05, 0.1) is 16.9 Å². The van der Waals surface area contributed by atoms with Crippen LogP contribution in [0.25, 0.3) is 5.57 Å². The van der Waals surface area contributed by atoms with E-state index in [9.17, 15) is 9.59 Å². The van der Waals surface area contributed by atoms with Gasteiger partial charge in [-0.1, -0.05) is 43.0 Å². The Morgan fingerprint density at radius 1 is 1.00 bits per heavy atom. The molecule has 0 aliphatic rings. The molecule has 2 aromatic carbocycles. The van der Waals surface area contributed by atoms with E-state index in [2.05, 4.69) is 16.8 Å². The third-order valence-electron chi connectivity index (χ3n) is 3.33. The zero-order valence-electron chi connectivity index (χ0n) is 14.7. The molecule has 6 nitrogen and oxygen atoms in total. The number of benzene rings is 2. The largest absolute Gasteiger partial charge is 0.478 e. The number of hydrogen-bond acceptors (Lipinski definition) is 4. The van der Waals surface area contributed by atoms with Crippen LogP contribution in [0.15, 0.2) is 83.1 Å². The summed E-state index contributed by atoms with van der Waals surface area (Å²) in [4.78, 5) is 20.8. The highest BCUT2D eigenvalue weighted by molar-refractivity contribution is 6.14. The van der Waals surface area contributed by atoms with E-state index in [1.807, 2.05) is 30.3 Å². The van der Waals surface area contributed by atoms with Crippen molar-refractivity contribution in [3.8, 4) is 0 Å². The molecule has 6 heteroatoms. The average molecular weight is 351 g/mol. The minimum absolute atomic E-state index is 0.0616. The zero-order valence-corrected chi connectivity index (χ0v) is 14.7. The van der Waals surface area contributed by atoms with Crippen LogP contribution >= 0.6 is 0 Å². The summed E-state index contributed by atoms with van der Waals surface area (Å²) in [5.41, 5.74) is 7.50. The monoisotopic (exact) mass is 351 g/mol. The normalized spacial score (nSPS) is 10.8. The van der Waals surface area contributed by atoms with Crippen LogP contribution in [0.3, 0.4) is 0 Å². The van der Waals surface area contributed by atoms with Crippen molar-refractivity contribution in [3.05, 3.63) is 78.4 Å². The second-order valence-corrected chi connectivity index (χ2v) is 5.20. The molecule has 0 saturated heterocycles. The fourth-order valence-electron chi connectivity index (χ4n) is 1.61. The molecule has 26 heavy (non-hydrogen) atoms. The van der Waals surface area contributed by atoms with Crippen LogP contribution in [-0.2, 0) is 9.59 Å². The summed E-state index contributed by atoms with van der Waals surface area (Å²) >= 11 is 0. The quantitative estimate of drug-likeness (QED) is 0.605. The van der Waals surface area contributed by atoms with Gasteiger partial charge in [-0.3, -0.25) is 4.79 Å². The van der Waals surface area contributed by atoms with Gasteiger partial charge in [-0.15, -0.1) is 0 Å². The number of rotatable bonds is 5. The maximum absolute atomic E-state index is 10.8. The minimum Gasteiger partial charge on any atom is -0.478 e. The second kappa shape index (κ2) is 10.4. The fourth-order valence-corrected chi connectivity index (χ4v) is 1.61. The molecular weight excluding hydrogens is 330 g/mol. The lowest BCUT2D eigenvalue weighted by molar-refractivity contribution is -0.130. The van der Waals surface area contributed by atoms with E-state index < -0.39 is 5.97 Å². The molecule has 0 fully saturated rings. The lowest BCUT2D eigenvalue weighted by atomic mass is 10.1. The average Bonchev–Trinajstić information content (AvgIpc) is 2.66. The van der Waals surface area contributed by atoms with E-state index in [1.165, 1.54) is 0 Å². The van der Waals surface area contributed by atoms with Crippen molar-refractivity contribution >= 4 is 28.8 Å². The van der Waals surface area contributed by atoms with Crippen molar-refractivity contribution in [3.63, 3.8) is 0 Å². The molecule has 0 aliphatic heterocycles. The Balaban J connectivity index is 0.000000412. The molecule has 0 aliphatic carbocycles. The number of aliphatic carboxylic acids is 1. The highest BCUT2D eigenvalue weighted by atomic mass is 16.4. The lowest BCUT2D eigenvalue weighted by Crippen LogP contribution is -2.10. The van der Waals surface area contributed by atoms with Crippen LogP contribution in [0.5, 0.6) is 0 Å². The highest BCUT2D eigenvalue weighted by Gasteiger charge is 2.06. The maximum Gasteiger partial charge on any atom is 0.335 e. The molecule has 0 aromatic heterocycles. The van der Waals surface area contributed by atoms with Crippen LogP contribution in [0, 0.1) is 0 Å². The molecule has 0 atom stereocenters. The van der Waals surface area contributed by atoms with Gasteiger partial charge < -0.3 is 10.8 Å². The number of amides is 1. The molecule has 0 bridgehead atoms. The number of carbonyl (C=O) groups is 2. The van der Waals surface area contributed by atoms with E-state index in [1.54, 1.807) is 44.2 Å².